The number of halogens is 1. The lowest BCUT2D eigenvalue weighted by Crippen LogP contribution is -2.07. The first-order valence-corrected chi connectivity index (χ1v) is 7.28. The Kier molecular flexibility index (Phi) is 3.56. The largest absolute Gasteiger partial charge is 0.462 e. The third-order valence-electron chi connectivity index (χ3n) is 3.15. The van der Waals surface area contributed by atoms with Crippen LogP contribution in [0.3, 0.4) is 0 Å². The van der Waals surface area contributed by atoms with Gasteiger partial charge in [0.1, 0.15) is 15.9 Å². The van der Waals surface area contributed by atoms with E-state index in [0.717, 1.165) is 18.4 Å². The topological polar surface area (TPSA) is 65.2 Å². The van der Waals surface area contributed by atoms with Crippen molar-refractivity contribution >= 4 is 21.9 Å². The first-order chi connectivity index (χ1) is 9.70. The van der Waals surface area contributed by atoms with Crippen molar-refractivity contribution in [2.75, 3.05) is 6.61 Å². The maximum absolute atomic E-state index is 12.2. The van der Waals surface area contributed by atoms with E-state index >= 15 is 0 Å². The Balaban J connectivity index is 2.08. The van der Waals surface area contributed by atoms with Gasteiger partial charge in [0, 0.05) is 17.7 Å². The van der Waals surface area contributed by atoms with Gasteiger partial charge in [-0.25, -0.2) is 9.78 Å². The molecule has 1 aliphatic carbocycles. The molecule has 0 N–H and O–H groups in total. The minimum Gasteiger partial charge on any atom is -0.462 e. The molecule has 2 aromatic rings. The van der Waals surface area contributed by atoms with Crippen LogP contribution in [0.25, 0.3) is 11.3 Å². The minimum absolute atomic E-state index is 0.293. The molecule has 104 valence electrons. The van der Waals surface area contributed by atoms with Crippen LogP contribution in [0.4, 0.5) is 0 Å². The van der Waals surface area contributed by atoms with Crippen LogP contribution >= 0.6 is 15.9 Å². The average Bonchev–Trinajstić information content (AvgIpc) is 3.17. The normalized spacial score (nSPS) is 14.3. The summed E-state index contributed by atoms with van der Waals surface area (Å²) in [5.74, 6) is 0.561. The van der Waals surface area contributed by atoms with E-state index in [4.69, 9.17) is 9.26 Å². The van der Waals surface area contributed by atoms with Crippen LogP contribution in [0.2, 0.25) is 0 Å². The van der Waals surface area contributed by atoms with E-state index in [0.29, 0.717) is 34.1 Å². The number of rotatable bonds is 4. The Morgan fingerprint density at radius 3 is 3.00 bits per heavy atom. The highest BCUT2D eigenvalue weighted by Crippen LogP contribution is 2.44. The molecule has 0 bridgehead atoms. The van der Waals surface area contributed by atoms with Crippen molar-refractivity contribution in [1.29, 1.82) is 0 Å². The SMILES string of the molecule is CCOC(=O)c1c(-c2ccnc(Br)c2)noc1C1CC1. The molecule has 0 aliphatic heterocycles. The summed E-state index contributed by atoms with van der Waals surface area (Å²) in [7, 11) is 0. The molecule has 6 heteroatoms. The second-order valence-electron chi connectivity index (χ2n) is 4.63. The second-order valence-corrected chi connectivity index (χ2v) is 5.44. The van der Waals surface area contributed by atoms with Crippen molar-refractivity contribution in [2.24, 2.45) is 0 Å². The lowest BCUT2D eigenvalue weighted by atomic mass is 10.1. The number of nitrogens with zero attached hydrogens (tertiary/aromatic N) is 2. The monoisotopic (exact) mass is 336 g/mol. The van der Waals surface area contributed by atoms with Crippen LogP contribution in [0.15, 0.2) is 27.5 Å². The van der Waals surface area contributed by atoms with E-state index in [2.05, 4.69) is 26.1 Å². The summed E-state index contributed by atoms with van der Waals surface area (Å²) < 4.78 is 11.2. The van der Waals surface area contributed by atoms with Gasteiger partial charge in [0.25, 0.3) is 0 Å². The molecule has 0 spiro atoms. The summed E-state index contributed by atoms with van der Waals surface area (Å²) in [6, 6.07) is 3.60. The van der Waals surface area contributed by atoms with Crippen LogP contribution < -0.4 is 0 Å². The smallest absolute Gasteiger partial charge is 0.344 e. The number of carbonyl (C=O) groups excluding carboxylic acids is 1. The van der Waals surface area contributed by atoms with Crippen molar-refractivity contribution in [3.05, 3.63) is 34.3 Å². The number of aromatic nitrogens is 2. The number of pyridine rings is 1. The van der Waals surface area contributed by atoms with Gasteiger partial charge in [-0.05, 0) is 47.8 Å². The van der Waals surface area contributed by atoms with E-state index in [1.807, 2.05) is 0 Å². The molecule has 2 heterocycles. The molecule has 0 radical (unpaired) electrons. The lowest BCUT2D eigenvalue weighted by molar-refractivity contribution is 0.0524. The highest BCUT2D eigenvalue weighted by molar-refractivity contribution is 9.10. The highest BCUT2D eigenvalue weighted by Gasteiger charge is 2.36. The number of hydrogen-bond acceptors (Lipinski definition) is 5. The minimum atomic E-state index is -0.376. The van der Waals surface area contributed by atoms with Crippen molar-refractivity contribution in [3.8, 4) is 11.3 Å². The van der Waals surface area contributed by atoms with Gasteiger partial charge in [-0.15, -0.1) is 0 Å². The molecule has 0 atom stereocenters. The van der Waals surface area contributed by atoms with E-state index in [1.54, 1.807) is 25.3 Å². The van der Waals surface area contributed by atoms with E-state index in [1.165, 1.54) is 0 Å². The molecule has 2 aromatic heterocycles. The van der Waals surface area contributed by atoms with Gasteiger partial charge in [0.05, 0.1) is 6.61 Å². The number of hydrogen-bond donors (Lipinski definition) is 0. The number of ether oxygens (including phenoxy) is 1. The van der Waals surface area contributed by atoms with Crippen LogP contribution in [0.1, 0.15) is 41.8 Å². The first-order valence-electron chi connectivity index (χ1n) is 6.49. The van der Waals surface area contributed by atoms with Gasteiger partial charge in [-0.2, -0.15) is 0 Å². The summed E-state index contributed by atoms with van der Waals surface area (Å²) >= 11 is 3.31. The van der Waals surface area contributed by atoms with E-state index < -0.39 is 0 Å². The van der Waals surface area contributed by atoms with Gasteiger partial charge in [0.15, 0.2) is 5.76 Å². The lowest BCUT2D eigenvalue weighted by Gasteiger charge is -2.03. The molecule has 3 rings (SSSR count). The second kappa shape index (κ2) is 5.36. The molecule has 1 fully saturated rings. The fraction of sp³-hybridized carbons (Fsp3) is 0.357. The van der Waals surface area contributed by atoms with E-state index in [-0.39, 0.29) is 5.97 Å². The summed E-state index contributed by atoms with van der Waals surface area (Å²) in [5, 5.41) is 4.07. The zero-order chi connectivity index (χ0) is 14.1. The van der Waals surface area contributed by atoms with Crippen molar-refractivity contribution < 1.29 is 14.1 Å². The van der Waals surface area contributed by atoms with Crippen molar-refractivity contribution in [3.63, 3.8) is 0 Å². The Morgan fingerprint density at radius 2 is 2.35 bits per heavy atom. The average molecular weight is 337 g/mol. The van der Waals surface area contributed by atoms with Crippen LogP contribution in [0.5, 0.6) is 0 Å². The molecule has 0 saturated heterocycles. The molecule has 0 amide bonds. The summed E-state index contributed by atoms with van der Waals surface area (Å²) in [5.41, 5.74) is 1.76. The molecular formula is C14H13BrN2O3. The maximum atomic E-state index is 12.2. The Hall–Kier alpha value is -1.69. The van der Waals surface area contributed by atoms with Crippen LogP contribution in [-0.2, 0) is 4.74 Å². The Bertz CT molecular complexity index is 650. The standard InChI is InChI=1S/C14H13BrN2O3/c1-2-19-14(18)11-12(9-5-6-16-10(15)7-9)17-20-13(11)8-3-4-8/h5-8H,2-4H2,1H3. The molecule has 20 heavy (non-hydrogen) atoms. The van der Waals surface area contributed by atoms with Crippen molar-refractivity contribution in [2.45, 2.75) is 25.7 Å². The van der Waals surface area contributed by atoms with Gasteiger partial charge < -0.3 is 9.26 Å². The fourth-order valence-corrected chi connectivity index (χ4v) is 2.44. The summed E-state index contributed by atoms with van der Waals surface area (Å²) in [4.78, 5) is 16.3. The van der Waals surface area contributed by atoms with Crippen molar-refractivity contribution in [1.82, 2.24) is 10.1 Å². The predicted octanol–water partition coefficient (Wildman–Crippen LogP) is 3.55. The first kappa shape index (κ1) is 13.3. The molecule has 5 nitrogen and oxygen atoms in total. The van der Waals surface area contributed by atoms with Crippen LogP contribution in [-0.4, -0.2) is 22.7 Å². The van der Waals surface area contributed by atoms with Gasteiger partial charge in [-0.3, -0.25) is 0 Å². The van der Waals surface area contributed by atoms with E-state index in [9.17, 15) is 4.79 Å². The highest BCUT2D eigenvalue weighted by atomic mass is 79.9. The number of esters is 1. The molecule has 0 unspecified atom stereocenters. The predicted molar refractivity (Wildman–Crippen MR) is 75.4 cm³/mol. The fourth-order valence-electron chi connectivity index (χ4n) is 2.07. The Labute approximate surface area is 124 Å². The molecule has 1 aliphatic rings. The third-order valence-corrected chi connectivity index (χ3v) is 3.58. The van der Waals surface area contributed by atoms with Crippen LogP contribution in [0, 0.1) is 0 Å². The summed E-state index contributed by atoms with van der Waals surface area (Å²) in [6.07, 6.45) is 3.71. The number of carbonyl (C=O) groups is 1. The maximum Gasteiger partial charge on any atom is 0.344 e. The third kappa shape index (κ3) is 2.47. The zero-order valence-electron chi connectivity index (χ0n) is 10.9. The van der Waals surface area contributed by atoms with Gasteiger partial charge in [-0.1, -0.05) is 5.16 Å². The zero-order valence-corrected chi connectivity index (χ0v) is 12.5. The molecule has 1 saturated carbocycles. The summed E-state index contributed by atoms with van der Waals surface area (Å²) in [6.45, 7) is 2.11. The van der Waals surface area contributed by atoms with Gasteiger partial charge >= 0.3 is 5.97 Å². The Morgan fingerprint density at radius 1 is 1.55 bits per heavy atom. The molecular weight excluding hydrogens is 324 g/mol. The van der Waals surface area contributed by atoms with Gasteiger partial charge in [0.2, 0.25) is 0 Å². The quantitative estimate of drug-likeness (QED) is 0.630. The molecule has 0 aromatic carbocycles.